The van der Waals surface area contributed by atoms with E-state index in [-0.39, 0.29) is 9.92 Å². The predicted molar refractivity (Wildman–Crippen MR) is 135 cm³/mol. The normalized spacial score (nSPS) is 15.3. The topological polar surface area (TPSA) is 66.4 Å². The van der Waals surface area contributed by atoms with Crippen LogP contribution in [0.25, 0.3) is 21.3 Å². The largest absolute Gasteiger partial charge is 0.353 e. The van der Waals surface area contributed by atoms with E-state index in [0.29, 0.717) is 36.2 Å². The smallest absolute Gasteiger partial charge is 0.243 e. The van der Waals surface area contributed by atoms with Gasteiger partial charge < -0.3 is 4.90 Å². The fourth-order valence-corrected chi connectivity index (χ4v) is 6.72. The van der Waals surface area contributed by atoms with Gasteiger partial charge in [0, 0.05) is 42.1 Å². The van der Waals surface area contributed by atoms with Crippen LogP contribution in [-0.2, 0) is 10.0 Å². The number of halogens is 3. The second kappa shape index (κ2) is 9.02. The van der Waals surface area contributed by atoms with Crippen LogP contribution in [0.15, 0.2) is 59.1 Å². The lowest BCUT2D eigenvalue weighted by Gasteiger charge is -2.35. The molecule has 0 saturated carbocycles. The molecule has 1 saturated heterocycles. The zero-order chi connectivity index (χ0) is 23.2. The van der Waals surface area contributed by atoms with Crippen molar-refractivity contribution in [1.29, 1.82) is 0 Å². The minimum absolute atomic E-state index is 0.137. The molecule has 0 bridgehead atoms. The molecule has 2 aromatic heterocycles. The number of benzene rings is 2. The van der Waals surface area contributed by atoms with E-state index in [1.165, 1.54) is 22.5 Å². The lowest BCUT2D eigenvalue weighted by molar-refractivity contribution is 0.384. The van der Waals surface area contributed by atoms with Crippen molar-refractivity contribution < 1.29 is 8.42 Å². The number of aromatic nitrogens is 2. The molecule has 0 N–H and O–H groups in total. The van der Waals surface area contributed by atoms with E-state index < -0.39 is 10.0 Å². The van der Waals surface area contributed by atoms with Gasteiger partial charge in [-0.15, -0.1) is 11.3 Å². The minimum Gasteiger partial charge on any atom is -0.353 e. The van der Waals surface area contributed by atoms with Gasteiger partial charge in [0.05, 0.1) is 20.3 Å². The Balaban J connectivity index is 1.42. The molecule has 0 amide bonds. The van der Waals surface area contributed by atoms with E-state index in [9.17, 15) is 8.42 Å². The molecule has 3 heterocycles. The summed E-state index contributed by atoms with van der Waals surface area (Å²) in [4.78, 5) is 12.1. The van der Waals surface area contributed by atoms with Crippen molar-refractivity contribution in [2.24, 2.45) is 0 Å². The summed E-state index contributed by atoms with van der Waals surface area (Å²) in [5.41, 5.74) is 2.07. The molecule has 1 fully saturated rings. The highest BCUT2D eigenvalue weighted by molar-refractivity contribution is 7.89. The third kappa shape index (κ3) is 4.32. The Kier molecular flexibility index (Phi) is 6.24. The van der Waals surface area contributed by atoms with Crippen molar-refractivity contribution in [2.75, 3.05) is 31.1 Å². The summed E-state index contributed by atoms with van der Waals surface area (Å²) in [5.74, 6) is 0.804. The molecule has 170 valence electrons. The Bertz CT molecular complexity index is 1430. The van der Waals surface area contributed by atoms with E-state index in [4.69, 9.17) is 34.8 Å². The number of piperazine rings is 1. The van der Waals surface area contributed by atoms with Gasteiger partial charge >= 0.3 is 0 Å². The molecule has 0 aliphatic carbocycles. The molecule has 5 rings (SSSR count). The first-order chi connectivity index (χ1) is 15.8. The van der Waals surface area contributed by atoms with Crippen molar-refractivity contribution in [3.8, 4) is 11.1 Å². The number of hydrogen-bond donors (Lipinski definition) is 0. The van der Waals surface area contributed by atoms with Gasteiger partial charge in [-0.3, -0.25) is 0 Å². The number of sulfonamides is 1. The highest BCUT2D eigenvalue weighted by atomic mass is 35.5. The Morgan fingerprint density at radius 1 is 0.879 bits per heavy atom. The van der Waals surface area contributed by atoms with Crippen LogP contribution in [0.4, 0.5) is 5.82 Å². The molecule has 11 heteroatoms. The lowest BCUT2D eigenvalue weighted by atomic mass is 10.1. The molecule has 0 atom stereocenters. The van der Waals surface area contributed by atoms with Gasteiger partial charge in [0.2, 0.25) is 10.0 Å². The van der Waals surface area contributed by atoms with Gasteiger partial charge in [-0.1, -0.05) is 46.9 Å². The quantitative estimate of drug-likeness (QED) is 0.326. The highest BCUT2D eigenvalue weighted by Crippen LogP contribution is 2.38. The van der Waals surface area contributed by atoms with Crippen molar-refractivity contribution >= 4 is 72.2 Å². The zero-order valence-electron chi connectivity index (χ0n) is 17.1. The average Bonchev–Trinajstić information content (AvgIpc) is 3.26. The number of fused-ring (bicyclic) bond motifs is 1. The maximum Gasteiger partial charge on any atom is 0.243 e. The fourth-order valence-electron chi connectivity index (χ4n) is 3.87. The van der Waals surface area contributed by atoms with Crippen molar-refractivity contribution in [3.05, 3.63) is 69.2 Å². The number of thiophene rings is 1. The zero-order valence-corrected chi connectivity index (χ0v) is 21.0. The Hall–Kier alpha value is -1.94. The summed E-state index contributed by atoms with van der Waals surface area (Å²) in [6, 6.07) is 12.0. The highest BCUT2D eigenvalue weighted by Gasteiger charge is 2.30. The number of anilines is 1. The van der Waals surface area contributed by atoms with Crippen molar-refractivity contribution in [3.63, 3.8) is 0 Å². The third-order valence-electron chi connectivity index (χ3n) is 5.57. The molecule has 1 aliphatic heterocycles. The van der Waals surface area contributed by atoms with Gasteiger partial charge in [-0.05, 0) is 35.9 Å². The summed E-state index contributed by atoms with van der Waals surface area (Å²) in [6.45, 7) is 1.66. The van der Waals surface area contributed by atoms with Crippen LogP contribution in [-0.4, -0.2) is 48.9 Å². The van der Waals surface area contributed by atoms with Gasteiger partial charge in [0.1, 0.15) is 17.0 Å². The molecule has 0 unspecified atom stereocenters. The second-order valence-electron chi connectivity index (χ2n) is 7.50. The fraction of sp³-hybridized carbons (Fsp3) is 0.182. The van der Waals surface area contributed by atoms with Gasteiger partial charge in [-0.25, -0.2) is 18.4 Å². The SMILES string of the molecule is O=S(=O)(c1ccc(Cl)c(Cl)c1)N1CCN(c2ncnc3scc(-c4ccc(Cl)cc4)c23)CC1. The summed E-state index contributed by atoms with van der Waals surface area (Å²) < 4.78 is 27.7. The molecule has 33 heavy (non-hydrogen) atoms. The van der Waals surface area contributed by atoms with Crippen LogP contribution in [0, 0.1) is 0 Å². The Morgan fingerprint density at radius 3 is 2.30 bits per heavy atom. The number of nitrogens with zero attached hydrogens (tertiary/aromatic N) is 4. The summed E-state index contributed by atoms with van der Waals surface area (Å²) in [7, 11) is -3.67. The van der Waals surface area contributed by atoms with Crippen LogP contribution in [0.2, 0.25) is 15.1 Å². The first-order valence-corrected chi connectivity index (χ1v) is 13.5. The van der Waals surface area contributed by atoms with Crippen LogP contribution in [0.5, 0.6) is 0 Å². The van der Waals surface area contributed by atoms with Crippen LogP contribution < -0.4 is 4.90 Å². The van der Waals surface area contributed by atoms with Crippen molar-refractivity contribution in [2.45, 2.75) is 4.90 Å². The van der Waals surface area contributed by atoms with Crippen LogP contribution in [0.1, 0.15) is 0 Å². The van der Waals surface area contributed by atoms with Crippen LogP contribution >= 0.6 is 46.1 Å². The molecular weight excluding hydrogens is 523 g/mol. The third-order valence-corrected chi connectivity index (χ3v) is 9.34. The molecular formula is C22H17Cl3N4O2S2. The average molecular weight is 540 g/mol. The van der Waals surface area contributed by atoms with Crippen LogP contribution in [0.3, 0.4) is 0 Å². The second-order valence-corrected chi connectivity index (χ2v) is 11.5. The van der Waals surface area contributed by atoms with Crippen molar-refractivity contribution in [1.82, 2.24) is 14.3 Å². The molecule has 2 aromatic carbocycles. The molecule has 4 aromatic rings. The van der Waals surface area contributed by atoms with E-state index in [0.717, 1.165) is 27.2 Å². The maximum atomic E-state index is 13.1. The van der Waals surface area contributed by atoms with Gasteiger partial charge in [-0.2, -0.15) is 4.31 Å². The summed E-state index contributed by atoms with van der Waals surface area (Å²) in [5, 5.41) is 4.24. The lowest BCUT2D eigenvalue weighted by Crippen LogP contribution is -2.49. The van der Waals surface area contributed by atoms with E-state index in [2.05, 4.69) is 20.2 Å². The molecule has 0 spiro atoms. The van der Waals surface area contributed by atoms with Gasteiger partial charge in [0.25, 0.3) is 0 Å². The standard InChI is InChI=1S/C22H17Cl3N4O2S2/c23-15-3-1-14(2-4-15)17-12-32-22-20(17)21(26-13-27-22)28-7-9-29(10-8-28)33(30,31)16-5-6-18(24)19(25)11-16/h1-6,11-13H,7-10H2. The first-order valence-electron chi connectivity index (χ1n) is 10.0. The number of rotatable bonds is 4. The van der Waals surface area contributed by atoms with E-state index in [1.54, 1.807) is 17.7 Å². The monoisotopic (exact) mass is 538 g/mol. The predicted octanol–water partition coefficient (Wildman–Crippen LogP) is 5.83. The Labute approximate surface area is 210 Å². The number of hydrogen-bond acceptors (Lipinski definition) is 6. The Morgan fingerprint density at radius 2 is 1.61 bits per heavy atom. The molecule has 0 radical (unpaired) electrons. The maximum absolute atomic E-state index is 13.1. The molecule has 1 aliphatic rings. The molecule has 6 nitrogen and oxygen atoms in total. The van der Waals surface area contributed by atoms with E-state index in [1.807, 2.05) is 24.3 Å². The van der Waals surface area contributed by atoms with E-state index >= 15 is 0 Å². The first kappa shape index (κ1) is 22.8. The van der Waals surface area contributed by atoms with Gasteiger partial charge in [0.15, 0.2) is 0 Å². The summed E-state index contributed by atoms with van der Waals surface area (Å²) in [6.07, 6.45) is 1.55. The minimum atomic E-state index is -3.67. The summed E-state index contributed by atoms with van der Waals surface area (Å²) >= 11 is 19.6.